The van der Waals surface area contributed by atoms with Crippen molar-refractivity contribution in [2.24, 2.45) is 5.92 Å². The van der Waals surface area contributed by atoms with Gasteiger partial charge in [0.15, 0.2) is 0 Å². The van der Waals surface area contributed by atoms with Crippen LogP contribution in [0.3, 0.4) is 0 Å². The van der Waals surface area contributed by atoms with E-state index in [-0.39, 0.29) is 11.7 Å². The molecule has 1 saturated carbocycles. The quantitative estimate of drug-likeness (QED) is 0.887. The molecule has 0 atom stereocenters. The highest BCUT2D eigenvalue weighted by Gasteiger charge is 2.26. The van der Waals surface area contributed by atoms with E-state index in [1.165, 1.54) is 12.8 Å². The molecule has 0 unspecified atom stereocenters. The van der Waals surface area contributed by atoms with E-state index < -0.39 is 0 Å². The Kier molecular flexibility index (Phi) is 4.13. The number of amides is 1. The Labute approximate surface area is 115 Å². The van der Waals surface area contributed by atoms with Crippen molar-refractivity contribution in [3.05, 3.63) is 29.3 Å². The van der Waals surface area contributed by atoms with Crippen molar-refractivity contribution in [2.75, 3.05) is 7.05 Å². The molecule has 3 nitrogen and oxygen atoms in total. The second kappa shape index (κ2) is 5.64. The van der Waals surface area contributed by atoms with Gasteiger partial charge in [-0.2, -0.15) is 0 Å². The summed E-state index contributed by atoms with van der Waals surface area (Å²) >= 11 is 0. The van der Waals surface area contributed by atoms with Gasteiger partial charge >= 0.3 is 0 Å². The van der Waals surface area contributed by atoms with Gasteiger partial charge in [0.2, 0.25) is 0 Å². The van der Waals surface area contributed by atoms with Crippen molar-refractivity contribution < 1.29 is 9.90 Å². The first-order valence-corrected chi connectivity index (χ1v) is 7.06. The van der Waals surface area contributed by atoms with Crippen LogP contribution in [0.25, 0.3) is 0 Å². The van der Waals surface area contributed by atoms with Crippen molar-refractivity contribution >= 4 is 5.91 Å². The molecule has 0 saturated heterocycles. The van der Waals surface area contributed by atoms with Gasteiger partial charge in [0.05, 0.1) is 0 Å². The lowest BCUT2D eigenvalue weighted by Gasteiger charge is -2.34. The molecule has 19 heavy (non-hydrogen) atoms. The van der Waals surface area contributed by atoms with Crippen molar-refractivity contribution in [1.82, 2.24) is 4.90 Å². The molecule has 1 aromatic carbocycles. The Morgan fingerprint density at radius 1 is 1.26 bits per heavy atom. The lowest BCUT2D eigenvalue weighted by atomic mass is 9.86. The Bertz CT molecular complexity index is 462. The van der Waals surface area contributed by atoms with Crippen LogP contribution in [0.2, 0.25) is 0 Å². The highest BCUT2D eigenvalue weighted by Crippen LogP contribution is 2.28. The predicted octanol–water partition coefficient (Wildman–Crippen LogP) is 3.35. The molecule has 1 aromatic rings. The van der Waals surface area contributed by atoms with E-state index in [0.717, 1.165) is 18.8 Å². The summed E-state index contributed by atoms with van der Waals surface area (Å²) < 4.78 is 0. The van der Waals surface area contributed by atoms with Gasteiger partial charge in [0.1, 0.15) is 5.75 Å². The average molecular weight is 261 g/mol. The number of hydrogen-bond acceptors (Lipinski definition) is 2. The van der Waals surface area contributed by atoms with Crippen LogP contribution in [0.15, 0.2) is 18.2 Å². The molecule has 0 radical (unpaired) electrons. The third-order valence-electron chi connectivity index (χ3n) is 4.39. The minimum Gasteiger partial charge on any atom is -0.508 e. The van der Waals surface area contributed by atoms with E-state index in [0.29, 0.717) is 17.2 Å². The summed E-state index contributed by atoms with van der Waals surface area (Å²) in [6, 6.07) is 5.48. The van der Waals surface area contributed by atoms with Crippen LogP contribution < -0.4 is 0 Å². The van der Waals surface area contributed by atoms with Gasteiger partial charge in [-0.25, -0.2) is 0 Å². The molecule has 0 heterocycles. The predicted molar refractivity (Wildman–Crippen MR) is 76.4 cm³/mol. The molecular formula is C16H23NO2. The fourth-order valence-electron chi connectivity index (χ4n) is 2.84. The zero-order valence-corrected chi connectivity index (χ0v) is 12.0. The van der Waals surface area contributed by atoms with Gasteiger partial charge in [-0.3, -0.25) is 4.79 Å². The Morgan fingerprint density at radius 3 is 2.53 bits per heavy atom. The molecule has 0 aliphatic heterocycles. The van der Waals surface area contributed by atoms with Crippen molar-refractivity contribution in [3.8, 4) is 5.75 Å². The van der Waals surface area contributed by atoms with Gasteiger partial charge in [-0.15, -0.1) is 0 Å². The van der Waals surface area contributed by atoms with Crippen LogP contribution in [0.5, 0.6) is 5.75 Å². The van der Waals surface area contributed by atoms with Gasteiger partial charge in [0.25, 0.3) is 5.91 Å². The van der Waals surface area contributed by atoms with Crippen LogP contribution >= 0.6 is 0 Å². The maximum atomic E-state index is 12.5. The maximum Gasteiger partial charge on any atom is 0.254 e. The van der Waals surface area contributed by atoms with E-state index in [1.807, 2.05) is 11.9 Å². The highest BCUT2D eigenvalue weighted by atomic mass is 16.3. The molecule has 1 amide bonds. The largest absolute Gasteiger partial charge is 0.508 e. The number of nitrogens with zero attached hydrogens (tertiary/aromatic N) is 1. The summed E-state index contributed by atoms with van der Waals surface area (Å²) in [4.78, 5) is 14.4. The van der Waals surface area contributed by atoms with Crippen LogP contribution in [0, 0.1) is 12.8 Å². The second-order valence-electron chi connectivity index (χ2n) is 5.78. The number of hydrogen-bond donors (Lipinski definition) is 1. The normalized spacial score (nSPS) is 23.1. The lowest BCUT2D eigenvalue weighted by molar-refractivity contribution is 0.0678. The standard InChI is InChI=1S/C16H23NO2/c1-11-7-9-13(10-8-11)17(3)16(19)14-5-4-6-15(18)12(14)2/h4-6,11,13,18H,7-10H2,1-3H3. The minimum absolute atomic E-state index is 0.0213. The topological polar surface area (TPSA) is 40.5 Å². The number of carbonyl (C=O) groups is 1. The Hall–Kier alpha value is -1.51. The van der Waals surface area contributed by atoms with Crippen molar-refractivity contribution in [3.63, 3.8) is 0 Å². The fourth-order valence-corrected chi connectivity index (χ4v) is 2.84. The van der Waals surface area contributed by atoms with E-state index in [1.54, 1.807) is 25.1 Å². The summed E-state index contributed by atoms with van der Waals surface area (Å²) in [6.07, 6.45) is 4.56. The smallest absolute Gasteiger partial charge is 0.254 e. The third-order valence-corrected chi connectivity index (χ3v) is 4.39. The second-order valence-corrected chi connectivity index (χ2v) is 5.78. The van der Waals surface area contributed by atoms with Crippen LogP contribution in [0.1, 0.15) is 48.5 Å². The van der Waals surface area contributed by atoms with E-state index in [2.05, 4.69) is 6.92 Å². The first-order valence-electron chi connectivity index (χ1n) is 7.06. The van der Waals surface area contributed by atoms with E-state index in [9.17, 15) is 9.90 Å². The number of benzene rings is 1. The highest BCUT2D eigenvalue weighted by molar-refractivity contribution is 5.96. The molecule has 1 aliphatic rings. The summed E-state index contributed by atoms with van der Waals surface area (Å²) in [5.41, 5.74) is 1.28. The third kappa shape index (κ3) is 2.91. The van der Waals surface area contributed by atoms with Crippen LogP contribution in [-0.4, -0.2) is 29.0 Å². The zero-order valence-electron chi connectivity index (χ0n) is 12.0. The maximum absolute atomic E-state index is 12.5. The molecular weight excluding hydrogens is 238 g/mol. The first-order chi connectivity index (χ1) is 9.00. The molecule has 104 valence electrons. The van der Waals surface area contributed by atoms with Gasteiger partial charge in [0, 0.05) is 24.2 Å². The number of rotatable bonds is 2. The van der Waals surface area contributed by atoms with E-state index >= 15 is 0 Å². The molecule has 3 heteroatoms. The van der Waals surface area contributed by atoms with E-state index in [4.69, 9.17) is 0 Å². The molecule has 1 N–H and O–H groups in total. The summed E-state index contributed by atoms with van der Waals surface area (Å²) in [6.45, 7) is 4.07. The number of phenols is 1. The molecule has 0 spiro atoms. The number of phenolic OH excluding ortho intramolecular Hbond substituents is 1. The zero-order chi connectivity index (χ0) is 14.0. The summed E-state index contributed by atoms with van der Waals surface area (Å²) in [5.74, 6) is 0.992. The monoisotopic (exact) mass is 261 g/mol. The number of carbonyl (C=O) groups excluding carboxylic acids is 1. The molecule has 0 bridgehead atoms. The fraction of sp³-hybridized carbons (Fsp3) is 0.562. The Balaban J connectivity index is 2.13. The Morgan fingerprint density at radius 2 is 1.89 bits per heavy atom. The molecule has 2 rings (SSSR count). The van der Waals surface area contributed by atoms with Crippen molar-refractivity contribution in [1.29, 1.82) is 0 Å². The minimum atomic E-state index is 0.0213. The van der Waals surface area contributed by atoms with Crippen molar-refractivity contribution in [2.45, 2.75) is 45.6 Å². The average Bonchev–Trinajstić information content (AvgIpc) is 2.41. The molecule has 1 aliphatic carbocycles. The lowest BCUT2D eigenvalue weighted by Crippen LogP contribution is -2.39. The van der Waals surface area contributed by atoms with Gasteiger partial charge < -0.3 is 10.0 Å². The number of aromatic hydroxyl groups is 1. The van der Waals surface area contributed by atoms with Crippen LogP contribution in [-0.2, 0) is 0 Å². The van der Waals surface area contributed by atoms with Gasteiger partial charge in [-0.05, 0) is 50.7 Å². The molecule has 0 aromatic heterocycles. The SMILES string of the molecule is Cc1c(O)cccc1C(=O)N(C)C1CCC(C)CC1. The summed E-state index contributed by atoms with van der Waals surface area (Å²) in [5, 5.41) is 9.71. The molecule has 1 fully saturated rings. The van der Waals surface area contributed by atoms with Gasteiger partial charge in [-0.1, -0.05) is 13.0 Å². The van der Waals surface area contributed by atoms with Crippen LogP contribution in [0.4, 0.5) is 0 Å². The summed E-state index contributed by atoms with van der Waals surface area (Å²) in [7, 11) is 1.88. The first kappa shape index (κ1) is 13.9.